The highest BCUT2D eigenvalue weighted by atomic mass is 16.5. The van der Waals surface area contributed by atoms with Crippen molar-refractivity contribution in [3.05, 3.63) is 17.8 Å². The number of aromatic nitrogens is 1. The van der Waals surface area contributed by atoms with E-state index in [0.717, 1.165) is 50.5 Å². The Morgan fingerprint density at radius 3 is 2.96 bits per heavy atom. The minimum absolute atomic E-state index is 0.281. The number of likely N-dealkylation sites (tertiary alicyclic amines) is 1. The van der Waals surface area contributed by atoms with Crippen LogP contribution < -0.4 is 9.64 Å². The van der Waals surface area contributed by atoms with Gasteiger partial charge in [-0.3, -0.25) is 4.79 Å². The van der Waals surface area contributed by atoms with Crippen molar-refractivity contribution < 1.29 is 9.53 Å². The molecule has 1 unspecified atom stereocenters. The first-order valence-electron chi connectivity index (χ1n) is 9.14. The second-order valence-corrected chi connectivity index (χ2v) is 7.58. The first-order valence-corrected chi connectivity index (χ1v) is 9.14. The van der Waals surface area contributed by atoms with Crippen molar-refractivity contribution >= 4 is 11.6 Å². The maximum atomic E-state index is 13.2. The van der Waals surface area contributed by atoms with Crippen LogP contribution in [0.4, 0.5) is 5.69 Å². The average Bonchev–Trinajstić information content (AvgIpc) is 3.36. The van der Waals surface area contributed by atoms with Crippen molar-refractivity contribution in [1.29, 1.82) is 5.26 Å². The molecule has 0 aromatic carbocycles. The molecule has 1 aromatic heterocycles. The van der Waals surface area contributed by atoms with E-state index in [-0.39, 0.29) is 5.41 Å². The van der Waals surface area contributed by atoms with Crippen molar-refractivity contribution in [2.45, 2.75) is 32.1 Å². The predicted molar refractivity (Wildman–Crippen MR) is 93.3 cm³/mol. The molecule has 6 nitrogen and oxygen atoms in total. The number of methoxy groups -OCH3 is 1. The fourth-order valence-corrected chi connectivity index (χ4v) is 4.35. The summed E-state index contributed by atoms with van der Waals surface area (Å²) in [5.41, 5.74) is 1.01. The Kier molecular flexibility index (Phi) is 4.03. The lowest BCUT2D eigenvalue weighted by molar-refractivity contribution is -0.145. The molecule has 4 rings (SSSR count). The van der Waals surface area contributed by atoms with Crippen molar-refractivity contribution in [2.75, 3.05) is 38.2 Å². The summed E-state index contributed by atoms with van der Waals surface area (Å²) in [5.74, 6) is 1.41. The lowest BCUT2D eigenvalue weighted by Gasteiger charge is -2.39. The Morgan fingerprint density at radius 1 is 1.40 bits per heavy atom. The van der Waals surface area contributed by atoms with Gasteiger partial charge in [0.15, 0.2) is 0 Å². The van der Waals surface area contributed by atoms with Crippen LogP contribution in [0.2, 0.25) is 0 Å². The molecule has 1 aromatic rings. The van der Waals surface area contributed by atoms with Gasteiger partial charge in [0.25, 0.3) is 0 Å². The summed E-state index contributed by atoms with van der Waals surface area (Å²) < 4.78 is 5.23. The number of rotatable bonds is 4. The van der Waals surface area contributed by atoms with Crippen LogP contribution in [-0.4, -0.2) is 49.1 Å². The molecular weight excluding hydrogens is 316 g/mol. The average molecular weight is 340 g/mol. The molecule has 1 amide bonds. The molecule has 1 saturated carbocycles. The van der Waals surface area contributed by atoms with Gasteiger partial charge >= 0.3 is 0 Å². The molecule has 3 fully saturated rings. The van der Waals surface area contributed by atoms with Crippen molar-refractivity contribution in [3.8, 4) is 11.9 Å². The van der Waals surface area contributed by atoms with E-state index in [9.17, 15) is 10.1 Å². The number of pyridine rings is 1. The molecule has 25 heavy (non-hydrogen) atoms. The summed E-state index contributed by atoms with van der Waals surface area (Å²) in [6.07, 6.45) is 7.10. The minimum atomic E-state index is -0.281. The monoisotopic (exact) mass is 340 g/mol. The largest absolute Gasteiger partial charge is 0.480 e. The lowest BCUT2D eigenvalue weighted by Crippen LogP contribution is -2.50. The van der Waals surface area contributed by atoms with Gasteiger partial charge in [-0.05, 0) is 44.1 Å². The number of hydrogen-bond acceptors (Lipinski definition) is 5. The molecule has 3 heterocycles. The third kappa shape index (κ3) is 2.82. The maximum absolute atomic E-state index is 13.2. The van der Waals surface area contributed by atoms with Gasteiger partial charge in [0.2, 0.25) is 11.8 Å². The molecule has 3 aliphatic rings. The molecule has 0 N–H and O–H groups in total. The van der Waals surface area contributed by atoms with Gasteiger partial charge in [-0.2, -0.15) is 5.26 Å². The summed E-state index contributed by atoms with van der Waals surface area (Å²) in [4.78, 5) is 21.6. The van der Waals surface area contributed by atoms with Gasteiger partial charge in [0, 0.05) is 32.4 Å². The van der Waals surface area contributed by atoms with E-state index >= 15 is 0 Å². The van der Waals surface area contributed by atoms with Crippen molar-refractivity contribution in [1.82, 2.24) is 9.88 Å². The van der Waals surface area contributed by atoms with Gasteiger partial charge in [-0.15, -0.1) is 0 Å². The summed E-state index contributed by atoms with van der Waals surface area (Å²) in [5, 5.41) is 9.52. The highest BCUT2D eigenvalue weighted by Gasteiger charge is 2.49. The van der Waals surface area contributed by atoms with Crippen LogP contribution in [0.3, 0.4) is 0 Å². The SMILES string of the molecule is COc1nccc(N2CCC3(CCCN(CC4CC4)C3=O)C2)c1C#N. The van der Waals surface area contributed by atoms with E-state index < -0.39 is 0 Å². The van der Waals surface area contributed by atoms with Crippen molar-refractivity contribution in [2.24, 2.45) is 11.3 Å². The smallest absolute Gasteiger partial charge is 0.233 e. The minimum Gasteiger partial charge on any atom is -0.480 e. The quantitative estimate of drug-likeness (QED) is 0.840. The van der Waals surface area contributed by atoms with Crippen LogP contribution in [-0.2, 0) is 4.79 Å². The zero-order valence-corrected chi connectivity index (χ0v) is 14.7. The Labute approximate surface area is 148 Å². The Morgan fingerprint density at radius 2 is 2.24 bits per heavy atom. The molecule has 132 valence electrons. The number of amides is 1. The number of ether oxygens (including phenoxy) is 1. The van der Waals surface area contributed by atoms with E-state index in [0.29, 0.717) is 23.9 Å². The van der Waals surface area contributed by atoms with E-state index in [1.807, 2.05) is 6.07 Å². The number of piperidine rings is 1. The molecule has 1 spiro atoms. The first-order chi connectivity index (χ1) is 12.2. The second-order valence-electron chi connectivity index (χ2n) is 7.58. The fourth-order valence-electron chi connectivity index (χ4n) is 4.35. The van der Waals surface area contributed by atoms with E-state index in [4.69, 9.17) is 4.74 Å². The van der Waals surface area contributed by atoms with Gasteiger partial charge < -0.3 is 14.5 Å². The molecular formula is C19H24N4O2. The third-order valence-electron chi connectivity index (χ3n) is 5.89. The van der Waals surface area contributed by atoms with E-state index in [1.165, 1.54) is 20.0 Å². The van der Waals surface area contributed by atoms with Gasteiger partial charge in [0.05, 0.1) is 18.2 Å². The number of anilines is 1. The molecule has 0 radical (unpaired) electrons. The van der Waals surface area contributed by atoms with Crippen LogP contribution in [0, 0.1) is 22.7 Å². The molecule has 1 atom stereocenters. The number of carbonyl (C=O) groups excluding carboxylic acids is 1. The van der Waals surface area contributed by atoms with Crippen molar-refractivity contribution in [3.63, 3.8) is 0 Å². The molecule has 6 heteroatoms. The Balaban J connectivity index is 1.56. The number of nitriles is 1. The van der Waals surface area contributed by atoms with Gasteiger partial charge in [0.1, 0.15) is 11.6 Å². The van der Waals surface area contributed by atoms with E-state index in [2.05, 4.69) is 20.9 Å². The molecule has 1 aliphatic carbocycles. The standard InChI is InChI=1S/C19H24N4O2/c1-25-17-15(11-20)16(5-8-21-17)23-10-7-19(13-23)6-2-9-22(18(19)24)12-14-3-4-14/h5,8,14H,2-4,6-7,9-10,12-13H2,1H3. The summed E-state index contributed by atoms with van der Waals surface area (Å²) >= 11 is 0. The molecule has 2 saturated heterocycles. The van der Waals surface area contributed by atoms with Crippen LogP contribution in [0.5, 0.6) is 5.88 Å². The Bertz CT molecular complexity index is 725. The molecule has 2 aliphatic heterocycles. The van der Waals surface area contributed by atoms with Gasteiger partial charge in [-0.25, -0.2) is 4.98 Å². The number of nitrogens with zero attached hydrogens (tertiary/aromatic N) is 4. The van der Waals surface area contributed by atoms with E-state index in [1.54, 1.807) is 6.20 Å². The summed E-state index contributed by atoms with van der Waals surface area (Å²) in [7, 11) is 1.53. The topological polar surface area (TPSA) is 69.5 Å². The maximum Gasteiger partial charge on any atom is 0.233 e. The van der Waals surface area contributed by atoms with Crippen LogP contribution >= 0.6 is 0 Å². The fraction of sp³-hybridized carbons (Fsp3) is 0.632. The third-order valence-corrected chi connectivity index (χ3v) is 5.89. The zero-order valence-electron chi connectivity index (χ0n) is 14.7. The van der Waals surface area contributed by atoms with Crippen LogP contribution in [0.1, 0.15) is 37.7 Å². The van der Waals surface area contributed by atoms with Crippen LogP contribution in [0.15, 0.2) is 12.3 Å². The molecule has 0 bridgehead atoms. The zero-order chi connectivity index (χ0) is 17.4. The number of carbonyl (C=O) groups is 1. The van der Waals surface area contributed by atoms with Crippen LogP contribution in [0.25, 0.3) is 0 Å². The summed E-state index contributed by atoms with van der Waals surface area (Å²) in [6.45, 7) is 3.33. The summed E-state index contributed by atoms with van der Waals surface area (Å²) in [6, 6.07) is 4.07. The van der Waals surface area contributed by atoms with Gasteiger partial charge in [-0.1, -0.05) is 0 Å². The highest BCUT2D eigenvalue weighted by Crippen LogP contribution is 2.43. The first kappa shape index (κ1) is 16.2. The number of hydrogen-bond donors (Lipinski definition) is 0. The highest BCUT2D eigenvalue weighted by molar-refractivity contribution is 5.85. The Hall–Kier alpha value is -2.29. The lowest BCUT2D eigenvalue weighted by atomic mass is 9.78. The normalized spacial score (nSPS) is 26.2. The predicted octanol–water partition coefficient (Wildman–Crippen LogP) is 2.19. The second kappa shape index (κ2) is 6.21.